The van der Waals surface area contributed by atoms with Crippen LogP contribution < -0.4 is 5.32 Å². The molecule has 1 heterocycles. The zero-order valence-corrected chi connectivity index (χ0v) is 4.85. The molecule has 0 aromatic heterocycles. The Labute approximate surface area is 48.6 Å². The second-order valence-corrected chi connectivity index (χ2v) is 2.06. The Morgan fingerprint density at radius 3 is 2.62 bits per heavy atom. The quantitative estimate of drug-likeness (QED) is 0.383. The molecule has 1 rings (SSSR count). The van der Waals surface area contributed by atoms with E-state index in [9.17, 15) is 4.79 Å². The van der Waals surface area contributed by atoms with Gasteiger partial charge in [0.2, 0.25) is 5.91 Å². The highest BCUT2D eigenvalue weighted by atomic mass is 16.2. The Morgan fingerprint density at radius 2 is 2.50 bits per heavy atom. The highest BCUT2D eigenvalue weighted by Gasteiger charge is 2.32. The first-order valence-electron chi connectivity index (χ1n) is 2.68. The fourth-order valence-corrected chi connectivity index (χ4v) is 0.751. The van der Waals surface area contributed by atoms with Gasteiger partial charge in [-0.25, -0.2) is 0 Å². The lowest BCUT2D eigenvalue weighted by Gasteiger charge is -2.31. The molecule has 1 aliphatic heterocycles. The van der Waals surface area contributed by atoms with E-state index < -0.39 is 0 Å². The van der Waals surface area contributed by atoms with Gasteiger partial charge in [0.05, 0.1) is 12.0 Å². The Kier molecular flexibility index (Phi) is 1.08. The smallest absolute Gasteiger partial charge is 0.225 e. The van der Waals surface area contributed by atoms with Crippen LogP contribution in [-0.4, -0.2) is 11.9 Å². The zero-order chi connectivity index (χ0) is 6.15. The van der Waals surface area contributed by atoms with Crippen molar-refractivity contribution in [1.29, 1.82) is 0 Å². The van der Waals surface area contributed by atoms with Gasteiger partial charge in [0.15, 0.2) is 0 Å². The van der Waals surface area contributed by atoms with Crippen molar-refractivity contribution in [2.75, 3.05) is 0 Å². The van der Waals surface area contributed by atoms with E-state index in [0.29, 0.717) is 0 Å². The standard InChI is InChI=1S/C6H9NO/c1-3-5-4(2)6(8)7-5/h3-5H,1H2,2H3,(H,7,8)/t4-,5-/m0/s1. The third-order valence-electron chi connectivity index (χ3n) is 1.52. The van der Waals surface area contributed by atoms with Crippen LogP contribution in [0.1, 0.15) is 6.92 Å². The van der Waals surface area contributed by atoms with Gasteiger partial charge < -0.3 is 5.32 Å². The average Bonchev–Trinajstić information content (AvgIpc) is 1.81. The van der Waals surface area contributed by atoms with Gasteiger partial charge in [-0.2, -0.15) is 0 Å². The molecule has 2 atom stereocenters. The lowest BCUT2D eigenvalue weighted by molar-refractivity contribution is -0.132. The van der Waals surface area contributed by atoms with Crippen LogP contribution in [0.5, 0.6) is 0 Å². The average molecular weight is 111 g/mol. The van der Waals surface area contributed by atoms with Crippen molar-refractivity contribution in [3.05, 3.63) is 12.7 Å². The third kappa shape index (κ3) is 0.529. The van der Waals surface area contributed by atoms with Crippen molar-refractivity contribution < 1.29 is 4.79 Å². The lowest BCUT2D eigenvalue weighted by Crippen LogP contribution is -2.55. The molecule has 1 aliphatic rings. The minimum atomic E-state index is 0.134. The molecule has 0 unspecified atom stereocenters. The van der Waals surface area contributed by atoms with Crippen LogP contribution in [0.3, 0.4) is 0 Å². The van der Waals surface area contributed by atoms with Crippen LogP contribution >= 0.6 is 0 Å². The summed E-state index contributed by atoms with van der Waals surface area (Å²) in [6, 6.07) is 0.225. The molecule has 0 aromatic rings. The maximum Gasteiger partial charge on any atom is 0.225 e. The molecule has 0 saturated carbocycles. The van der Waals surface area contributed by atoms with E-state index in [1.807, 2.05) is 6.92 Å². The molecule has 1 N–H and O–H groups in total. The summed E-state index contributed by atoms with van der Waals surface area (Å²) < 4.78 is 0. The SMILES string of the molecule is C=C[C@@H]1NC(=O)[C@H]1C. The Hall–Kier alpha value is -0.790. The molecule has 0 aromatic carbocycles. The van der Waals surface area contributed by atoms with Crippen LogP contribution in [0, 0.1) is 5.92 Å². The number of carbonyl (C=O) groups excluding carboxylic acids is 1. The first-order valence-corrected chi connectivity index (χ1v) is 2.68. The molecule has 0 radical (unpaired) electrons. The molecule has 8 heavy (non-hydrogen) atoms. The van der Waals surface area contributed by atoms with Crippen molar-refractivity contribution in [2.45, 2.75) is 13.0 Å². The molecular weight excluding hydrogens is 102 g/mol. The van der Waals surface area contributed by atoms with Crippen molar-refractivity contribution in [2.24, 2.45) is 5.92 Å². The normalized spacial score (nSPS) is 35.4. The van der Waals surface area contributed by atoms with Gasteiger partial charge >= 0.3 is 0 Å². The van der Waals surface area contributed by atoms with Crippen LogP contribution in [0.4, 0.5) is 0 Å². The molecule has 0 aliphatic carbocycles. The maximum absolute atomic E-state index is 10.4. The minimum absolute atomic E-state index is 0.134. The van der Waals surface area contributed by atoms with Gasteiger partial charge in [-0.3, -0.25) is 4.79 Å². The van der Waals surface area contributed by atoms with E-state index in [1.54, 1.807) is 6.08 Å². The van der Waals surface area contributed by atoms with Crippen molar-refractivity contribution in [3.63, 3.8) is 0 Å². The van der Waals surface area contributed by atoms with Gasteiger partial charge in [-0.1, -0.05) is 13.0 Å². The van der Waals surface area contributed by atoms with Crippen LogP contribution in [0.25, 0.3) is 0 Å². The number of β-lactam (4-membered cyclic amide) rings is 1. The molecular formula is C6H9NO. The summed E-state index contributed by atoms with van der Waals surface area (Å²) >= 11 is 0. The number of amides is 1. The van der Waals surface area contributed by atoms with E-state index in [0.717, 1.165) is 0 Å². The number of nitrogens with one attached hydrogen (secondary N) is 1. The summed E-state index contributed by atoms with van der Waals surface area (Å²) in [5, 5.41) is 2.69. The van der Waals surface area contributed by atoms with Crippen LogP contribution in [0.2, 0.25) is 0 Å². The fraction of sp³-hybridized carbons (Fsp3) is 0.500. The molecule has 44 valence electrons. The molecule has 2 heteroatoms. The molecule has 1 saturated heterocycles. The minimum Gasteiger partial charge on any atom is -0.349 e. The predicted octanol–water partition coefficient (Wildman–Crippen LogP) is 0.307. The van der Waals surface area contributed by atoms with Crippen molar-refractivity contribution >= 4 is 5.91 Å². The van der Waals surface area contributed by atoms with Gasteiger partial charge in [0.1, 0.15) is 0 Å². The Balaban J connectivity index is 2.47. The fourth-order valence-electron chi connectivity index (χ4n) is 0.751. The molecule has 2 nitrogen and oxygen atoms in total. The van der Waals surface area contributed by atoms with Crippen LogP contribution in [0.15, 0.2) is 12.7 Å². The lowest BCUT2D eigenvalue weighted by atomic mass is 9.93. The van der Waals surface area contributed by atoms with Crippen molar-refractivity contribution in [3.8, 4) is 0 Å². The zero-order valence-electron chi connectivity index (χ0n) is 4.85. The van der Waals surface area contributed by atoms with E-state index in [1.165, 1.54) is 0 Å². The number of rotatable bonds is 1. The first kappa shape index (κ1) is 5.35. The summed E-state index contributed by atoms with van der Waals surface area (Å²) in [6.07, 6.45) is 1.76. The molecule has 0 spiro atoms. The predicted molar refractivity (Wildman–Crippen MR) is 31.3 cm³/mol. The van der Waals surface area contributed by atoms with E-state index >= 15 is 0 Å². The van der Waals surface area contributed by atoms with E-state index in [2.05, 4.69) is 11.9 Å². The monoisotopic (exact) mass is 111 g/mol. The second kappa shape index (κ2) is 1.62. The van der Waals surface area contributed by atoms with Gasteiger partial charge in [0, 0.05) is 0 Å². The van der Waals surface area contributed by atoms with Gasteiger partial charge in [-0.05, 0) is 0 Å². The highest BCUT2D eigenvalue weighted by molar-refractivity contribution is 5.86. The largest absolute Gasteiger partial charge is 0.349 e. The topological polar surface area (TPSA) is 29.1 Å². The third-order valence-corrected chi connectivity index (χ3v) is 1.52. The number of carbonyl (C=O) groups is 1. The van der Waals surface area contributed by atoms with Crippen molar-refractivity contribution in [1.82, 2.24) is 5.32 Å². The first-order chi connectivity index (χ1) is 3.75. The Bertz CT molecular complexity index is 130. The number of hydrogen-bond acceptors (Lipinski definition) is 1. The maximum atomic E-state index is 10.4. The summed E-state index contributed by atoms with van der Waals surface area (Å²) in [6.45, 7) is 5.45. The van der Waals surface area contributed by atoms with Gasteiger partial charge in [-0.15, -0.1) is 6.58 Å². The Morgan fingerprint density at radius 1 is 1.88 bits per heavy atom. The summed E-state index contributed by atoms with van der Waals surface area (Å²) in [7, 11) is 0. The molecule has 1 amide bonds. The van der Waals surface area contributed by atoms with Crippen LogP contribution in [-0.2, 0) is 4.79 Å². The summed E-state index contributed by atoms with van der Waals surface area (Å²) in [5.41, 5.74) is 0. The van der Waals surface area contributed by atoms with E-state index in [4.69, 9.17) is 0 Å². The second-order valence-electron chi connectivity index (χ2n) is 2.06. The summed E-state index contributed by atoms with van der Waals surface area (Å²) in [5.74, 6) is 0.280. The molecule has 1 fully saturated rings. The summed E-state index contributed by atoms with van der Waals surface area (Å²) in [4.78, 5) is 10.4. The van der Waals surface area contributed by atoms with E-state index in [-0.39, 0.29) is 17.9 Å². The highest BCUT2D eigenvalue weighted by Crippen LogP contribution is 2.13. The van der Waals surface area contributed by atoms with Gasteiger partial charge in [0.25, 0.3) is 0 Å². The number of hydrogen-bond donors (Lipinski definition) is 1. The molecule has 0 bridgehead atoms.